The first-order valence-electron chi connectivity index (χ1n) is 6.50. The van der Waals surface area contributed by atoms with Crippen molar-refractivity contribution in [1.82, 2.24) is 0 Å². The second-order valence-electron chi connectivity index (χ2n) is 4.78. The van der Waals surface area contributed by atoms with Crippen molar-refractivity contribution in [2.75, 3.05) is 0 Å². The van der Waals surface area contributed by atoms with Gasteiger partial charge in [0.15, 0.2) is 0 Å². The molecule has 20 heavy (non-hydrogen) atoms. The topological polar surface area (TPSA) is 54.4 Å². The molecule has 0 spiro atoms. The smallest absolute Gasteiger partial charge is 0.278 e. The fourth-order valence-electron chi connectivity index (χ4n) is 2.68. The summed E-state index contributed by atoms with van der Waals surface area (Å²) in [4.78, 5) is 0. The molecule has 2 rings (SSSR count). The average Bonchev–Trinajstić information content (AvgIpc) is 2.39. The Balaban J connectivity index is 2.81. The lowest BCUT2D eigenvalue weighted by molar-refractivity contribution is 0.448. The van der Waals surface area contributed by atoms with Gasteiger partial charge in [-0.15, -0.1) is 0 Å². The summed E-state index contributed by atoms with van der Waals surface area (Å²) in [6.45, 7) is 3.66. The van der Waals surface area contributed by atoms with Crippen molar-refractivity contribution in [2.24, 2.45) is 0 Å². The van der Waals surface area contributed by atoms with Crippen LogP contribution < -0.4 is 0 Å². The zero-order chi connectivity index (χ0) is 14.8. The Hall–Kier alpha value is -1.65. The minimum atomic E-state index is -4.26. The molecule has 106 valence electrons. The fraction of sp³-hybridized carbons (Fsp3) is 0.250. The summed E-state index contributed by atoms with van der Waals surface area (Å²) in [5, 5.41) is 0. The Morgan fingerprint density at radius 1 is 1.25 bits per heavy atom. The molecule has 1 unspecified atom stereocenters. The van der Waals surface area contributed by atoms with Crippen LogP contribution in [0.5, 0.6) is 0 Å². The number of allylic oxidation sites excluding steroid dienone is 3. The van der Waals surface area contributed by atoms with E-state index >= 15 is 0 Å². The fourth-order valence-corrected chi connectivity index (χ4v) is 3.75. The molecule has 0 radical (unpaired) electrons. The summed E-state index contributed by atoms with van der Waals surface area (Å²) in [6, 6.07) is 5.51. The van der Waals surface area contributed by atoms with Crippen molar-refractivity contribution < 1.29 is 13.0 Å². The molecule has 1 N–H and O–H groups in total. The number of hydrogen-bond donors (Lipinski definition) is 1. The Morgan fingerprint density at radius 2 is 2.00 bits per heavy atom. The number of benzene rings is 1. The van der Waals surface area contributed by atoms with E-state index in [0.29, 0.717) is 5.56 Å². The van der Waals surface area contributed by atoms with E-state index in [1.807, 2.05) is 37.3 Å². The molecule has 0 bridgehead atoms. The molecule has 0 saturated carbocycles. The Labute approximate surface area is 120 Å². The van der Waals surface area contributed by atoms with Gasteiger partial charge < -0.3 is 0 Å². The van der Waals surface area contributed by atoms with Gasteiger partial charge in [-0.05, 0) is 37.0 Å². The molecule has 1 atom stereocenters. The Bertz CT molecular complexity index is 696. The molecule has 0 aliphatic heterocycles. The van der Waals surface area contributed by atoms with E-state index in [1.165, 1.54) is 0 Å². The molecule has 1 aliphatic carbocycles. The first-order chi connectivity index (χ1) is 9.46. The van der Waals surface area contributed by atoms with Crippen LogP contribution in [-0.4, -0.2) is 13.0 Å². The van der Waals surface area contributed by atoms with Gasteiger partial charge in [0, 0.05) is 0 Å². The summed E-state index contributed by atoms with van der Waals surface area (Å²) in [6.07, 6.45) is 11.0. The third-order valence-electron chi connectivity index (χ3n) is 3.54. The lowest BCUT2D eigenvalue weighted by Crippen LogP contribution is -2.35. The van der Waals surface area contributed by atoms with E-state index in [2.05, 4.69) is 0 Å². The van der Waals surface area contributed by atoms with Gasteiger partial charge in [0.1, 0.15) is 4.75 Å². The van der Waals surface area contributed by atoms with E-state index in [4.69, 9.17) is 0 Å². The maximum Gasteiger partial charge on any atom is 0.278 e. The number of hydrogen-bond acceptors (Lipinski definition) is 2. The van der Waals surface area contributed by atoms with Gasteiger partial charge >= 0.3 is 0 Å². The van der Waals surface area contributed by atoms with Crippen molar-refractivity contribution in [3.8, 4) is 0 Å². The minimum absolute atomic E-state index is 0.239. The van der Waals surface area contributed by atoms with E-state index < -0.39 is 14.9 Å². The molecular weight excluding hydrogens is 272 g/mol. The summed E-state index contributed by atoms with van der Waals surface area (Å²) >= 11 is 0. The van der Waals surface area contributed by atoms with Gasteiger partial charge in [-0.25, -0.2) is 0 Å². The predicted molar refractivity (Wildman–Crippen MR) is 82.8 cm³/mol. The van der Waals surface area contributed by atoms with E-state index in [-0.39, 0.29) is 6.42 Å². The largest absolute Gasteiger partial charge is 0.285 e. The molecule has 0 aromatic heterocycles. The van der Waals surface area contributed by atoms with Gasteiger partial charge in [0.25, 0.3) is 10.1 Å². The van der Waals surface area contributed by atoms with Crippen LogP contribution in [0.4, 0.5) is 0 Å². The van der Waals surface area contributed by atoms with Crippen LogP contribution in [0.25, 0.3) is 12.2 Å². The van der Waals surface area contributed by atoms with Gasteiger partial charge in [-0.3, -0.25) is 4.55 Å². The zero-order valence-electron chi connectivity index (χ0n) is 11.6. The summed E-state index contributed by atoms with van der Waals surface area (Å²) in [7, 11) is -4.26. The van der Waals surface area contributed by atoms with E-state index in [1.54, 1.807) is 31.2 Å². The third kappa shape index (κ3) is 2.25. The zero-order valence-corrected chi connectivity index (χ0v) is 12.4. The lowest BCUT2D eigenvalue weighted by Gasteiger charge is -2.31. The van der Waals surface area contributed by atoms with Crippen LogP contribution in [-0.2, 0) is 14.9 Å². The first kappa shape index (κ1) is 14.8. The summed E-state index contributed by atoms with van der Waals surface area (Å²) in [5.74, 6) is 0. The molecule has 3 nitrogen and oxygen atoms in total. The number of fused-ring (bicyclic) bond motifs is 1. The average molecular weight is 290 g/mol. The van der Waals surface area contributed by atoms with Crippen LogP contribution in [0.3, 0.4) is 0 Å². The van der Waals surface area contributed by atoms with Gasteiger partial charge in [0.2, 0.25) is 0 Å². The molecule has 0 fully saturated rings. The van der Waals surface area contributed by atoms with Gasteiger partial charge in [-0.1, -0.05) is 54.7 Å². The third-order valence-corrected chi connectivity index (χ3v) is 4.99. The van der Waals surface area contributed by atoms with Crippen LogP contribution in [0, 0.1) is 0 Å². The molecule has 4 heteroatoms. The molecule has 0 heterocycles. The van der Waals surface area contributed by atoms with E-state index in [9.17, 15) is 13.0 Å². The van der Waals surface area contributed by atoms with Gasteiger partial charge in [-0.2, -0.15) is 8.42 Å². The SMILES string of the molecule is CC=Cc1cccc2c1C=CCC2(C=CC)S(=O)(=O)O. The van der Waals surface area contributed by atoms with Crippen LogP contribution in [0.2, 0.25) is 0 Å². The predicted octanol–water partition coefficient (Wildman–Crippen LogP) is 3.80. The second kappa shape index (κ2) is 5.38. The van der Waals surface area contributed by atoms with Crippen LogP contribution in [0.1, 0.15) is 37.0 Å². The highest BCUT2D eigenvalue weighted by Crippen LogP contribution is 2.42. The monoisotopic (exact) mass is 290 g/mol. The van der Waals surface area contributed by atoms with Crippen molar-refractivity contribution in [2.45, 2.75) is 25.0 Å². The molecule has 1 aromatic carbocycles. The second-order valence-corrected chi connectivity index (χ2v) is 6.46. The first-order valence-corrected chi connectivity index (χ1v) is 7.94. The minimum Gasteiger partial charge on any atom is -0.285 e. The number of rotatable bonds is 3. The maximum atomic E-state index is 12.0. The molecule has 0 amide bonds. The van der Waals surface area contributed by atoms with Crippen LogP contribution in [0.15, 0.2) is 42.5 Å². The summed E-state index contributed by atoms with van der Waals surface area (Å²) in [5.41, 5.74) is 2.40. The quantitative estimate of drug-likeness (QED) is 0.680. The molecule has 1 aliphatic rings. The summed E-state index contributed by atoms with van der Waals surface area (Å²) < 4.78 is 32.3. The van der Waals surface area contributed by atoms with Crippen molar-refractivity contribution in [3.05, 3.63) is 59.2 Å². The molecular formula is C16H18O3S. The molecule has 0 saturated heterocycles. The maximum absolute atomic E-state index is 12.0. The van der Waals surface area contributed by atoms with Crippen molar-refractivity contribution in [3.63, 3.8) is 0 Å². The van der Waals surface area contributed by atoms with Crippen LogP contribution >= 0.6 is 0 Å². The normalized spacial score (nSPS) is 22.6. The van der Waals surface area contributed by atoms with Gasteiger partial charge in [0.05, 0.1) is 0 Å². The standard InChI is InChI=1S/C16H18O3S/c1-3-7-13-8-5-10-15-14(13)9-6-12-16(15,11-4-2)20(17,18)19/h3-11H,12H2,1-2H3,(H,17,18,19). The highest BCUT2D eigenvalue weighted by Gasteiger charge is 2.44. The highest BCUT2D eigenvalue weighted by molar-refractivity contribution is 7.87. The van der Waals surface area contributed by atoms with Crippen molar-refractivity contribution in [1.29, 1.82) is 0 Å². The Kier molecular flexibility index (Phi) is 3.97. The Morgan fingerprint density at radius 3 is 2.60 bits per heavy atom. The lowest BCUT2D eigenvalue weighted by atomic mass is 9.83. The molecule has 1 aromatic rings. The van der Waals surface area contributed by atoms with E-state index in [0.717, 1.165) is 11.1 Å². The van der Waals surface area contributed by atoms with Crippen molar-refractivity contribution >= 4 is 22.3 Å². The highest BCUT2D eigenvalue weighted by atomic mass is 32.2.